The van der Waals surface area contributed by atoms with Crippen LogP contribution in [0.3, 0.4) is 0 Å². The van der Waals surface area contributed by atoms with Gasteiger partial charge in [-0.3, -0.25) is 4.79 Å². The fourth-order valence-corrected chi connectivity index (χ4v) is 2.09. The molecule has 2 rings (SSSR count). The van der Waals surface area contributed by atoms with Gasteiger partial charge < -0.3 is 10.1 Å². The van der Waals surface area contributed by atoms with Gasteiger partial charge in [-0.2, -0.15) is 5.26 Å². The minimum absolute atomic E-state index is 0.152. The van der Waals surface area contributed by atoms with E-state index >= 15 is 0 Å². The molecule has 4 nitrogen and oxygen atoms in total. The highest BCUT2D eigenvalue weighted by atomic mass is 35.5. The van der Waals surface area contributed by atoms with Gasteiger partial charge in [0.15, 0.2) is 6.61 Å². The Hall–Kier alpha value is -2.51. The third kappa shape index (κ3) is 4.24. The summed E-state index contributed by atoms with van der Waals surface area (Å²) in [4.78, 5) is 11.8. The lowest BCUT2D eigenvalue weighted by Gasteiger charge is -2.09. The molecule has 2 aromatic carbocycles. The van der Waals surface area contributed by atoms with Gasteiger partial charge in [0.25, 0.3) is 5.91 Å². The average molecular weight is 315 g/mol. The van der Waals surface area contributed by atoms with Crippen LogP contribution < -0.4 is 10.1 Å². The molecule has 22 heavy (non-hydrogen) atoms. The van der Waals surface area contributed by atoms with E-state index in [1.807, 2.05) is 30.3 Å². The second kappa shape index (κ2) is 7.48. The Balaban J connectivity index is 1.91. The van der Waals surface area contributed by atoms with Crippen LogP contribution in [0.25, 0.3) is 0 Å². The Morgan fingerprint density at radius 2 is 2.00 bits per heavy atom. The average Bonchev–Trinajstić information content (AvgIpc) is 2.54. The molecule has 0 saturated carbocycles. The zero-order valence-electron chi connectivity index (χ0n) is 12.1. The third-order valence-corrected chi connectivity index (χ3v) is 3.36. The maximum absolute atomic E-state index is 11.8. The molecule has 0 aliphatic heterocycles. The van der Waals surface area contributed by atoms with Gasteiger partial charge in [-0.25, -0.2) is 0 Å². The van der Waals surface area contributed by atoms with E-state index in [1.165, 1.54) is 11.6 Å². The summed E-state index contributed by atoms with van der Waals surface area (Å²) in [5.74, 6) is 0.0989. The van der Waals surface area contributed by atoms with Crippen molar-refractivity contribution in [2.45, 2.75) is 13.3 Å². The first-order valence-electron chi connectivity index (χ1n) is 6.83. The fourth-order valence-electron chi connectivity index (χ4n) is 1.85. The van der Waals surface area contributed by atoms with E-state index in [2.05, 4.69) is 12.2 Å². The largest absolute Gasteiger partial charge is 0.482 e. The Labute approximate surface area is 134 Å². The van der Waals surface area contributed by atoms with E-state index in [1.54, 1.807) is 12.1 Å². The normalized spacial score (nSPS) is 9.86. The highest BCUT2D eigenvalue weighted by molar-refractivity contribution is 6.32. The minimum Gasteiger partial charge on any atom is -0.482 e. The predicted octanol–water partition coefficient (Wildman–Crippen LogP) is 3.79. The summed E-state index contributed by atoms with van der Waals surface area (Å²) in [6.07, 6.45) is 0.953. The highest BCUT2D eigenvalue weighted by Gasteiger charge is 2.07. The van der Waals surface area contributed by atoms with Gasteiger partial charge in [-0.1, -0.05) is 30.7 Å². The molecule has 0 bridgehead atoms. The van der Waals surface area contributed by atoms with E-state index in [0.717, 1.165) is 12.1 Å². The van der Waals surface area contributed by atoms with E-state index < -0.39 is 0 Å². The number of nitriles is 1. The number of rotatable bonds is 5. The van der Waals surface area contributed by atoms with Gasteiger partial charge in [0.1, 0.15) is 5.75 Å². The summed E-state index contributed by atoms with van der Waals surface area (Å²) in [6, 6.07) is 14.3. The number of anilines is 1. The number of nitrogens with one attached hydrogen (secondary N) is 1. The Bertz CT molecular complexity index is 706. The first kappa shape index (κ1) is 15.9. The van der Waals surface area contributed by atoms with Crippen molar-refractivity contribution >= 4 is 23.2 Å². The van der Waals surface area contributed by atoms with Gasteiger partial charge >= 0.3 is 0 Å². The summed E-state index contributed by atoms with van der Waals surface area (Å²) >= 11 is 5.98. The number of carbonyl (C=O) groups is 1. The zero-order valence-corrected chi connectivity index (χ0v) is 12.9. The molecular weight excluding hydrogens is 300 g/mol. The van der Waals surface area contributed by atoms with Gasteiger partial charge in [-0.15, -0.1) is 0 Å². The van der Waals surface area contributed by atoms with Crippen molar-refractivity contribution in [2.75, 3.05) is 11.9 Å². The van der Waals surface area contributed by atoms with Gasteiger partial charge in [0.2, 0.25) is 0 Å². The highest BCUT2D eigenvalue weighted by Crippen LogP contribution is 2.25. The topological polar surface area (TPSA) is 62.1 Å². The molecule has 0 heterocycles. The minimum atomic E-state index is -0.273. The summed E-state index contributed by atoms with van der Waals surface area (Å²) in [7, 11) is 0. The third-order valence-electron chi connectivity index (χ3n) is 3.07. The Morgan fingerprint density at radius 3 is 2.59 bits per heavy atom. The van der Waals surface area contributed by atoms with Crippen LogP contribution in [0, 0.1) is 11.3 Å². The summed E-state index contributed by atoms with van der Waals surface area (Å²) in [5.41, 5.74) is 2.37. The molecule has 0 aromatic heterocycles. The standard InChI is InChI=1S/C17H15ClN2O2/c1-2-12-3-6-14(7-4-12)20-17(21)11-22-16-8-5-13(10-19)9-15(16)18/h3-9H,2,11H2,1H3,(H,20,21). The fraction of sp³-hybridized carbons (Fsp3) is 0.176. The van der Waals surface area contributed by atoms with Gasteiger partial charge in [0.05, 0.1) is 16.7 Å². The van der Waals surface area contributed by atoms with E-state index in [9.17, 15) is 4.79 Å². The molecule has 0 radical (unpaired) electrons. The van der Waals surface area contributed by atoms with E-state index in [4.69, 9.17) is 21.6 Å². The zero-order chi connectivity index (χ0) is 15.9. The van der Waals surface area contributed by atoms with Crippen LogP contribution >= 0.6 is 11.6 Å². The van der Waals surface area contributed by atoms with Crippen molar-refractivity contribution in [2.24, 2.45) is 0 Å². The van der Waals surface area contributed by atoms with Crippen molar-refractivity contribution in [1.29, 1.82) is 5.26 Å². The molecule has 0 spiro atoms. The number of ether oxygens (including phenoxy) is 1. The number of halogens is 1. The molecule has 0 fully saturated rings. The summed E-state index contributed by atoms with van der Waals surface area (Å²) in [6.45, 7) is 1.92. The molecule has 0 aliphatic rings. The van der Waals surface area contributed by atoms with Crippen molar-refractivity contribution < 1.29 is 9.53 Å². The van der Waals surface area contributed by atoms with Gasteiger partial charge in [0, 0.05) is 5.69 Å². The van der Waals surface area contributed by atoms with E-state index in [0.29, 0.717) is 16.3 Å². The maximum atomic E-state index is 11.8. The molecule has 0 aliphatic carbocycles. The number of hydrogen-bond acceptors (Lipinski definition) is 3. The molecular formula is C17H15ClN2O2. The first-order valence-corrected chi connectivity index (χ1v) is 7.21. The lowest BCUT2D eigenvalue weighted by atomic mass is 10.1. The number of hydrogen-bond donors (Lipinski definition) is 1. The lowest BCUT2D eigenvalue weighted by Crippen LogP contribution is -2.20. The smallest absolute Gasteiger partial charge is 0.262 e. The monoisotopic (exact) mass is 314 g/mol. The van der Waals surface area contributed by atoms with Crippen LogP contribution in [0.4, 0.5) is 5.69 Å². The lowest BCUT2D eigenvalue weighted by molar-refractivity contribution is -0.118. The van der Waals surface area contributed by atoms with Crippen LogP contribution in [0.5, 0.6) is 5.75 Å². The van der Waals surface area contributed by atoms with Crippen molar-refractivity contribution in [3.63, 3.8) is 0 Å². The summed E-state index contributed by atoms with van der Waals surface area (Å²) in [5, 5.41) is 11.8. The first-order chi connectivity index (χ1) is 10.6. The summed E-state index contributed by atoms with van der Waals surface area (Å²) < 4.78 is 5.36. The quantitative estimate of drug-likeness (QED) is 0.913. The van der Waals surface area contributed by atoms with Crippen molar-refractivity contribution in [3.8, 4) is 11.8 Å². The Kier molecular flexibility index (Phi) is 5.40. The predicted molar refractivity (Wildman–Crippen MR) is 86.1 cm³/mol. The number of nitrogens with zero attached hydrogens (tertiary/aromatic N) is 1. The number of aryl methyl sites for hydroxylation is 1. The molecule has 1 amide bonds. The van der Waals surface area contributed by atoms with E-state index in [-0.39, 0.29) is 12.5 Å². The van der Waals surface area contributed by atoms with Crippen LogP contribution in [-0.4, -0.2) is 12.5 Å². The van der Waals surface area contributed by atoms with Crippen LogP contribution in [0.15, 0.2) is 42.5 Å². The SMILES string of the molecule is CCc1ccc(NC(=O)COc2ccc(C#N)cc2Cl)cc1. The molecule has 112 valence electrons. The molecule has 1 N–H and O–H groups in total. The molecule has 2 aromatic rings. The maximum Gasteiger partial charge on any atom is 0.262 e. The second-order valence-corrected chi connectivity index (χ2v) is 5.05. The van der Waals surface area contributed by atoms with Crippen LogP contribution in [-0.2, 0) is 11.2 Å². The van der Waals surface area contributed by atoms with Crippen LogP contribution in [0.1, 0.15) is 18.1 Å². The molecule has 0 unspecified atom stereocenters. The molecule has 5 heteroatoms. The molecule has 0 atom stereocenters. The van der Waals surface area contributed by atoms with Gasteiger partial charge in [-0.05, 0) is 42.3 Å². The Morgan fingerprint density at radius 1 is 1.27 bits per heavy atom. The molecule has 0 saturated heterocycles. The number of carbonyl (C=O) groups excluding carboxylic acids is 1. The number of amides is 1. The van der Waals surface area contributed by atoms with Crippen molar-refractivity contribution in [3.05, 3.63) is 58.6 Å². The second-order valence-electron chi connectivity index (χ2n) is 4.64. The van der Waals surface area contributed by atoms with Crippen LogP contribution in [0.2, 0.25) is 5.02 Å². The van der Waals surface area contributed by atoms with Crippen molar-refractivity contribution in [1.82, 2.24) is 0 Å². The number of benzene rings is 2.